The van der Waals surface area contributed by atoms with Crippen molar-refractivity contribution < 1.29 is 14.3 Å². The molecule has 0 saturated carbocycles. The lowest BCUT2D eigenvalue weighted by Crippen LogP contribution is -2.47. The Morgan fingerprint density at radius 1 is 1.32 bits per heavy atom. The molecule has 4 rings (SSSR count). The van der Waals surface area contributed by atoms with E-state index < -0.39 is 0 Å². The molecule has 0 aliphatic carbocycles. The van der Waals surface area contributed by atoms with Gasteiger partial charge >= 0.3 is 0 Å². The maximum atomic E-state index is 13.1. The molecule has 0 spiro atoms. The van der Waals surface area contributed by atoms with Crippen LogP contribution in [0.25, 0.3) is 5.69 Å². The number of ether oxygens (including phenoxy) is 2. The zero-order chi connectivity index (χ0) is 21.5. The molecule has 0 radical (unpaired) electrons. The minimum absolute atomic E-state index is 0.0369. The predicted molar refractivity (Wildman–Crippen MR) is 118 cm³/mol. The van der Waals surface area contributed by atoms with E-state index in [-0.39, 0.29) is 12.0 Å². The quantitative estimate of drug-likeness (QED) is 0.396. The Hall–Kier alpha value is -3.17. The van der Waals surface area contributed by atoms with Gasteiger partial charge in [-0.05, 0) is 36.4 Å². The highest BCUT2D eigenvalue weighted by Gasteiger charge is 2.27. The number of amides is 1. The second-order valence-corrected chi connectivity index (χ2v) is 7.85. The van der Waals surface area contributed by atoms with Gasteiger partial charge in [0.15, 0.2) is 0 Å². The van der Waals surface area contributed by atoms with Crippen LogP contribution in [0.2, 0.25) is 0 Å². The summed E-state index contributed by atoms with van der Waals surface area (Å²) in [6, 6.07) is 11.2. The molecule has 1 fully saturated rings. The molecule has 1 saturated heterocycles. The number of carbonyl (C=O) groups is 1. The molecule has 2 aromatic heterocycles. The van der Waals surface area contributed by atoms with Crippen LogP contribution in [-0.2, 0) is 4.74 Å². The minimum atomic E-state index is -0.200. The molecular weight excluding hydrogens is 414 g/mol. The lowest BCUT2D eigenvalue weighted by molar-refractivity contribution is -0.0402. The molecule has 9 heteroatoms. The van der Waals surface area contributed by atoms with Crippen LogP contribution in [-0.4, -0.2) is 68.7 Å². The van der Waals surface area contributed by atoms with E-state index in [2.05, 4.69) is 21.6 Å². The fraction of sp³-hybridized carbons (Fsp3) is 0.273. The summed E-state index contributed by atoms with van der Waals surface area (Å²) >= 11 is 1.51. The average molecular weight is 438 g/mol. The van der Waals surface area contributed by atoms with E-state index in [1.54, 1.807) is 34.2 Å². The van der Waals surface area contributed by atoms with Crippen molar-refractivity contribution in [3.05, 3.63) is 73.5 Å². The monoisotopic (exact) mass is 437 g/mol. The number of thioether (sulfide) groups is 1. The van der Waals surface area contributed by atoms with Crippen LogP contribution in [0.15, 0.2) is 72.9 Å². The maximum absolute atomic E-state index is 13.1. The van der Waals surface area contributed by atoms with Crippen molar-refractivity contribution in [2.45, 2.75) is 11.1 Å². The first-order valence-corrected chi connectivity index (χ1v) is 10.9. The Kier molecular flexibility index (Phi) is 6.96. The van der Waals surface area contributed by atoms with Gasteiger partial charge in [-0.15, -0.1) is 18.3 Å². The van der Waals surface area contributed by atoms with Gasteiger partial charge in [0.1, 0.15) is 36.1 Å². The van der Waals surface area contributed by atoms with Gasteiger partial charge < -0.3 is 14.4 Å². The molecule has 1 aromatic carbocycles. The zero-order valence-electron chi connectivity index (χ0n) is 17.0. The third-order valence-electron chi connectivity index (χ3n) is 4.72. The summed E-state index contributed by atoms with van der Waals surface area (Å²) in [6.45, 7) is 5.58. The van der Waals surface area contributed by atoms with Crippen molar-refractivity contribution in [2.75, 3.05) is 32.1 Å². The Morgan fingerprint density at radius 3 is 2.97 bits per heavy atom. The minimum Gasteiger partial charge on any atom is -0.491 e. The lowest BCUT2D eigenvalue weighted by atomic mass is 10.2. The van der Waals surface area contributed by atoms with Crippen LogP contribution in [0.4, 0.5) is 0 Å². The molecule has 160 valence electrons. The number of hydrogen-bond acceptors (Lipinski definition) is 7. The largest absolute Gasteiger partial charge is 0.491 e. The topological polar surface area (TPSA) is 82.4 Å². The van der Waals surface area contributed by atoms with Gasteiger partial charge in [0.25, 0.3) is 5.91 Å². The van der Waals surface area contributed by atoms with E-state index in [0.717, 1.165) is 16.5 Å². The van der Waals surface area contributed by atoms with Crippen LogP contribution >= 0.6 is 11.8 Å². The first kappa shape index (κ1) is 21.1. The first-order chi connectivity index (χ1) is 15.2. The highest BCUT2D eigenvalue weighted by molar-refractivity contribution is 7.99. The summed E-state index contributed by atoms with van der Waals surface area (Å²) in [4.78, 5) is 23.2. The molecule has 1 amide bonds. The van der Waals surface area contributed by atoms with Gasteiger partial charge in [0.05, 0.1) is 24.4 Å². The number of benzene rings is 1. The summed E-state index contributed by atoms with van der Waals surface area (Å²) in [6.07, 6.45) is 6.43. The molecule has 1 unspecified atom stereocenters. The number of rotatable bonds is 8. The molecule has 0 N–H and O–H groups in total. The smallest absolute Gasteiger partial charge is 0.256 e. The second-order valence-electron chi connectivity index (χ2n) is 6.84. The van der Waals surface area contributed by atoms with Crippen molar-refractivity contribution in [1.29, 1.82) is 0 Å². The summed E-state index contributed by atoms with van der Waals surface area (Å²) in [5.74, 6) is 1.39. The van der Waals surface area contributed by atoms with Gasteiger partial charge in [0.2, 0.25) is 0 Å². The number of aromatic nitrogens is 4. The molecule has 3 heterocycles. The van der Waals surface area contributed by atoms with Gasteiger partial charge in [-0.3, -0.25) is 4.79 Å². The van der Waals surface area contributed by atoms with Crippen molar-refractivity contribution in [2.24, 2.45) is 0 Å². The number of morpholine rings is 1. The van der Waals surface area contributed by atoms with E-state index in [9.17, 15) is 4.79 Å². The number of hydrogen-bond donors (Lipinski definition) is 0. The van der Waals surface area contributed by atoms with E-state index in [1.165, 1.54) is 18.1 Å². The van der Waals surface area contributed by atoms with Crippen molar-refractivity contribution in [3.63, 3.8) is 0 Å². The highest BCUT2D eigenvalue weighted by Crippen LogP contribution is 2.22. The van der Waals surface area contributed by atoms with E-state index >= 15 is 0 Å². The van der Waals surface area contributed by atoms with Crippen LogP contribution < -0.4 is 4.74 Å². The Morgan fingerprint density at radius 2 is 2.19 bits per heavy atom. The Balaban J connectivity index is 1.34. The van der Waals surface area contributed by atoms with Gasteiger partial charge in [-0.2, -0.15) is 5.10 Å². The second kappa shape index (κ2) is 10.2. The molecule has 3 aromatic rings. The zero-order valence-corrected chi connectivity index (χ0v) is 17.8. The fourth-order valence-electron chi connectivity index (χ4n) is 3.21. The molecular formula is C22H23N5O3S. The molecule has 1 atom stereocenters. The average Bonchev–Trinajstić information content (AvgIpc) is 3.37. The third-order valence-corrected chi connectivity index (χ3v) is 5.72. The van der Waals surface area contributed by atoms with Crippen LogP contribution in [0.5, 0.6) is 5.75 Å². The molecule has 31 heavy (non-hydrogen) atoms. The van der Waals surface area contributed by atoms with Crippen LogP contribution in [0, 0.1) is 0 Å². The Bertz CT molecular complexity index is 1010. The van der Waals surface area contributed by atoms with E-state index in [0.29, 0.717) is 37.6 Å². The number of pyridine rings is 1. The normalized spacial score (nSPS) is 16.1. The summed E-state index contributed by atoms with van der Waals surface area (Å²) in [5.41, 5.74) is 1.51. The van der Waals surface area contributed by atoms with Crippen LogP contribution in [0.3, 0.4) is 0 Å². The SMILES string of the molecule is C=CCSc1ncccc1C(=O)N1CCOC(COc2ccc(-n3cncn3)cc2)C1. The van der Waals surface area contributed by atoms with E-state index in [4.69, 9.17) is 9.47 Å². The molecule has 1 aliphatic rings. The van der Waals surface area contributed by atoms with Crippen LogP contribution in [0.1, 0.15) is 10.4 Å². The Labute approximate surface area is 184 Å². The molecule has 8 nitrogen and oxygen atoms in total. The first-order valence-electron chi connectivity index (χ1n) is 9.92. The van der Waals surface area contributed by atoms with E-state index in [1.807, 2.05) is 30.3 Å². The van der Waals surface area contributed by atoms with Gasteiger partial charge in [-0.1, -0.05) is 6.08 Å². The maximum Gasteiger partial charge on any atom is 0.256 e. The summed E-state index contributed by atoms with van der Waals surface area (Å²) < 4.78 is 13.4. The predicted octanol–water partition coefficient (Wildman–Crippen LogP) is 2.86. The summed E-state index contributed by atoms with van der Waals surface area (Å²) in [5, 5.41) is 4.83. The molecule has 0 bridgehead atoms. The lowest BCUT2D eigenvalue weighted by Gasteiger charge is -2.33. The standard InChI is InChI=1S/C22H23N5O3S/c1-2-12-31-21-20(4-3-9-24-21)22(28)26-10-11-29-19(13-26)14-30-18-7-5-17(6-8-18)27-16-23-15-25-27/h2-9,15-16,19H,1,10-14H2. The fourth-order valence-corrected chi connectivity index (χ4v) is 3.93. The molecule has 1 aliphatic heterocycles. The number of carbonyl (C=O) groups excluding carboxylic acids is 1. The number of nitrogens with zero attached hydrogens (tertiary/aromatic N) is 5. The third kappa shape index (κ3) is 5.31. The highest BCUT2D eigenvalue weighted by atomic mass is 32.2. The summed E-state index contributed by atoms with van der Waals surface area (Å²) in [7, 11) is 0. The van der Waals surface area contributed by atoms with Crippen molar-refractivity contribution in [3.8, 4) is 11.4 Å². The van der Waals surface area contributed by atoms with Crippen molar-refractivity contribution >= 4 is 17.7 Å². The van der Waals surface area contributed by atoms with Crippen molar-refractivity contribution in [1.82, 2.24) is 24.6 Å². The van der Waals surface area contributed by atoms with Gasteiger partial charge in [0, 0.05) is 18.5 Å². The van der Waals surface area contributed by atoms with Gasteiger partial charge in [-0.25, -0.2) is 14.6 Å².